The van der Waals surface area contributed by atoms with Gasteiger partial charge in [0.15, 0.2) is 0 Å². The summed E-state index contributed by atoms with van der Waals surface area (Å²) in [5.41, 5.74) is 1.24. The maximum absolute atomic E-state index is 10.8. The smallest absolute Gasteiger partial charge is 0.275 e. The van der Waals surface area contributed by atoms with Crippen LogP contribution in [0.1, 0.15) is 18.4 Å². The van der Waals surface area contributed by atoms with Gasteiger partial charge < -0.3 is 14.9 Å². The Balaban J connectivity index is 2.01. The molecule has 0 spiro atoms. The number of hydrogen-bond acceptors (Lipinski definition) is 5. The first kappa shape index (κ1) is 14.7. The molecule has 1 aromatic rings. The minimum Gasteiger partial charge on any atom is -0.391 e. The zero-order valence-corrected chi connectivity index (χ0v) is 11.8. The molecule has 2 rings (SSSR count). The summed E-state index contributed by atoms with van der Waals surface area (Å²) in [6.45, 7) is 3.89. The molecule has 6 nitrogen and oxygen atoms in total. The van der Waals surface area contributed by atoms with Gasteiger partial charge in [-0.05, 0) is 38.1 Å². The Kier molecular flexibility index (Phi) is 4.92. The summed E-state index contributed by atoms with van der Waals surface area (Å²) in [6, 6.07) is 4.90. The molecule has 1 aliphatic rings. The molecule has 1 aromatic carbocycles. The SMILES string of the molecule is CN(CCN1CCCC1)c1ccc([N+](=O)[O-])c(CO)c1. The second kappa shape index (κ2) is 6.67. The van der Waals surface area contributed by atoms with Gasteiger partial charge in [0, 0.05) is 31.9 Å². The molecule has 0 saturated carbocycles. The summed E-state index contributed by atoms with van der Waals surface area (Å²) in [5, 5.41) is 20.1. The van der Waals surface area contributed by atoms with E-state index >= 15 is 0 Å². The van der Waals surface area contributed by atoms with Crippen molar-refractivity contribution in [2.75, 3.05) is 38.1 Å². The minimum absolute atomic E-state index is 0.0239. The fourth-order valence-corrected chi connectivity index (χ4v) is 2.54. The second-order valence-electron chi connectivity index (χ2n) is 5.20. The molecule has 110 valence electrons. The molecule has 6 heteroatoms. The van der Waals surface area contributed by atoms with Gasteiger partial charge in [-0.3, -0.25) is 10.1 Å². The number of hydrogen-bond donors (Lipinski definition) is 1. The Hall–Kier alpha value is -1.66. The molecule has 0 atom stereocenters. The van der Waals surface area contributed by atoms with E-state index in [9.17, 15) is 15.2 Å². The largest absolute Gasteiger partial charge is 0.391 e. The van der Waals surface area contributed by atoms with Crippen molar-refractivity contribution in [3.05, 3.63) is 33.9 Å². The van der Waals surface area contributed by atoms with Crippen LogP contribution < -0.4 is 4.90 Å². The third-order valence-electron chi connectivity index (χ3n) is 3.82. The van der Waals surface area contributed by atoms with Gasteiger partial charge in [-0.2, -0.15) is 0 Å². The average molecular weight is 279 g/mol. The van der Waals surface area contributed by atoms with Crippen LogP contribution in [0.5, 0.6) is 0 Å². The number of likely N-dealkylation sites (N-methyl/N-ethyl adjacent to an activating group) is 1. The van der Waals surface area contributed by atoms with Crippen LogP contribution in [0, 0.1) is 10.1 Å². The predicted molar refractivity (Wildman–Crippen MR) is 78.0 cm³/mol. The normalized spacial score (nSPS) is 15.5. The monoisotopic (exact) mass is 279 g/mol. The van der Waals surface area contributed by atoms with Gasteiger partial charge >= 0.3 is 0 Å². The molecule has 0 amide bonds. The van der Waals surface area contributed by atoms with E-state index in [2.05, 4.69) is 9.80 Å². The van der Waals surface area contributed by atoms with Crippen LogP contribution in [0.15, 0.2) is 18.2 Å². The van der Waals surface area contributed by atoms with E-state index in [1.165, 1.54) is 18.9 Å². The molecule has 0 bridgehead atoms. The van der Waals surface area contributed by atoms with Crippen LogP contribution >= 0.6 is 0 Å². The number of aliphatic hydroxyl groups excluding tert-OH is 1. The van der Waals surface area contributed by atoms with Gasteiger partial charge in [0.1, 0.15) is 0 Å². The van der Waals surface area contributed by atoms with Gasteiger partial charge in [0.25, 0.3) is 5.69 Å². The van der Waals surface area contributed by atoms with Crippen molar-refractivity contribution in [2.24, 2.45) is 0 Å². The van der Waals surface area contributed by atoms with E-state index < -0.39 is 4.92 Å². The van der Waals surface area contributed by atoms with Crippen LogP contribution in [-0.2, 0) is 6.61 Å². The van der Waals surface area contributed by atoms with Crippen LogP contribution in [0.25, 0.3) is 0 Å². The lowest BCUT2D eigenvalue weighted by atomic mass is 10.1. The summed E-state index contributed by atoms with van der Waals surface area (Å²) in [6.07, 6.45) is 2.55. The molecule has 1 aliphatic heterocycles. The summed E-state index contributed by atoms with van der Waals surface area (Å²) in [5.74, 6) is 0. The third kappa shape index (κ3) is 3.46. The molecule has 0 aromatic heterocycles. The number of nitro groups is 1. The van der Waals surface area contributed by atoms with Crippen molar-refractivity contribution in [3.8, 4) is 0 Å². The third-order valence-corrected chi connectivity index (χ3v) is 3.82. The maximum atomic E-state index is 10.8. The minimum atomic E-state index is -0.459. The van der Waals surface area contributed by atoms with Crippen LogP contribution in [0.4, 0.5) is 11.4 Å². The number of rotatable bonds is 6. The van der Waals surface area contributed by atoms with Gasteiger partial charge in [-0.25, -0.2) is 0 Å². The van der Waals surface area contributed by atoms with Gasteiger partial charge in [-0.15, -0.1) is 0 Å². The topological polar surface area (TPSA) is 69.9 Å². The molecular weight excluding hydrogens is 258 g/mol. The highest BCUT2D eigenvalue weighted by Crippen LogP contribution is 2.24. The number of likely N-dealkylation sites (tertiary alicyclic amines) is 1. The Morgan fingerprint density at radius 3 is 2.70 bits per heavy atom. The van der Waals surface area contributed by atoms with Crippen molar-refractivity contribution in [2.45, 2.75) is 19.4 Å². The lowest BCUT2D eigenvalue weighted by molar-refractivity contribution is -0.385. The Morgan fingerprint density at radius 2 is 2.10 bits per heavy atom. The molecular formula is C14H21N3O3. The Bertz CT molecular complexity index is 473. The fraction of sp³-hybridized carbons (Fsp3) is 0.571. The van der Waals surface area contributed by atoms with E-state index in [0.717, 1.165) is 31.9 Å². The lowest BCUT2D eigenvalue weighted by Crippen LogP contribution is -2.31. The molecule has 1 N–H and O–H groups in total. The highest BCUT2D eigenvalue weighted by Gasteiger charge is 2.16. The molecule has 1 saturated heterocycles. The zero-order chi connectivity index (χ0) is 14.5. The summed E-state index contributed by atoms with van der Waals surface area (Å²) in [7, 11) is 1.97. The van der Waals surface area contributed by atoms with Crippen molar-refractivity contribution >= 4 is 11.4 Å². The number of aliphatic hydroxyl groups is 1. The molecule has 0 aliphatic carbocycles. The van der Waals surface area contributed by atoms with Crippen molar-refractivity contribution < 1.29 is 10.0 Å². The average Bonchev–Trinajstić information content (AvgIpc) is 2.97. The standard InChI is InChI=1S/C14H21N3O3/c1-15(8-9-16-6-2-3-7-16)13-4-5-14(17(19)20)12(10-13)11-18/h4-5,10,18H,2-3,6-9,11H2,1H3. The number of nitrogens with zero attached hydrogens (tertiary/aromatic N) is 3. The molecule has 1 heterocycles. The molecule has 0 radical (unpaired) electrons. The quantitative estimate of drug-likeness (QED) is 0.633. The number of benzene rings is 1. The first-order valence-corrected chi connectivity index (χ1v) is 6.93. The molecule has 1 fully saturated rings. The van der Waals surface area contributed by atoms with Crippen LogP contribution in [-0.4, -0.2) is 48.2 Å². The Labute approximate surface area is 118 Å². The first-order chi connectivity index (χ1) is 9.61. The van der Waals surface area contributed by atoms with E-state index in [1.54, 1.807) is 12.1 Å². The van der Waals surface area contributed by atoms with E-state index in [-0.39, 0.29) is 12.3 Å². The highest BCUT2D eigenvalue weighted by molar-refractivity contribution is 5.55. The van der Waals surface area contributed by atoms with E-state index in [0.29, 0.717) is 5.56 Å². The maximum Gasteiger partial charge on any atom is 0.275 e. The van der Waals surface area contributed by atoms with Crippen molar-refractivity contribution in [1.29, 1.82) is 0 Å². The summed E-state index contributed by atoms with van der Waals surface area (Å²) in [4.78, 5) is 14.9. The number of anilines is 1. The van der Waals surface area contributed by atoms with Gasteiger partial charge in [0.2, 0.25) is 0 Å². The molecule has 20 heavy (non-hydrogen) atoms. The van der Waals surface area contributed by atoms with Crippen LogP contribution in [0.2, 0.25) is 0 Å². The predicted octanol–water partition coefficient (Wildman–Crippen LogP) is 1.62. The van der Waals surface area contributed by atoms with Crippen molar-refractivity contribution in [1.82, 2.24) is 4.90 Å². The van der Waals surface area contributed by atoms with E-state index in [1.807, 2.05) is 7.05 Å². The number of nitro benzene ring substituents is 1. The van der Waals surface area contributed by atoms with Gasteiger partial charge in [-0.1, -0.05) is 0 Å². The highest BCUT2D eigenvalue weighted by atomic mass is 16.6. The fourth-order valence-electron chi connectivity index (χ4n) is 2.54. The molecule has 0 unspecified atom stereocenters. The Morgan fingerprint density at radius 1 is 1.40 bits per heavy atom. The zero-order valence-electron chi connectivity index (χ0n) is 11.8. The van der Waals surface area contributed by atoms with E-state index in [4.69, 9.17) is 0 Å². The van der Waals surface area contributed by atoms with Crippen molar-refractivity contribution in [3.63, 3.8) is 0 Å². The second-order valence-corrected chi connectivity index (χ2v) is 5.20. The lowest BCUT2D eigenvalue weighted by Gasteiger charge is -2.23. The van der Waals surface area contributed by atoms with Crippen LogP contribution in [0.3, 0.4) is 0 Å². The summed E-state index contributed by atoms with van der Waals surface area (Å²) >= 11 is 0. The summed E-state index contributed by atoms with van der Waals surface area (Å²) < 4.78 is 0. The first-order valence-electron chi connectivity index (χ1n) is 6.93. The van der Waals surface area contributed by atoms with Gasteiger partial charge in [0.05, 0.1) is 17.1 Å².